The molecule has 2 heteroatoms. The monoisotopic (exact) mass is 105 g/mol. The summed E-state index contributed by atoms with van der Waals surface area (Å²) in [6.07, 6.45) is 0.649. The molecule has 0 saturated carbocycles. The normalized spacial score (nSPS) is 8.86. The van der Waals surface area contributed by atoms with E-state index in [2.05, 4.69) is 5.32 Å². The van der Waals surface area contributed by atoms with Gasteiger partial charge in [0.25, 0.3) is 0 Å². The molecule has 0 saturated heterocycles. The number of hydrogen-bond donors (Lipinski definition) is 1. The van der Waals surface area contributed by atoms with Gasteiger partial charge in [0, 0.05) is 15.8 Å². The Morgan fingerprint density at radius 3 is 2.57 bits per heavy atom. The summed E-state index contributed by atoms with van der Waals surface area (Å²) in [5, 5.41) is 2.88. The van der Waals surface area contributed by atoms with E-state index in [9.17, 15) is 4.79 Å². The molecule has 0 heterocycles. The Labute approximate surface area is 46.9 Å². The fraction of sp³-hybridized carbons (Fsp3) is 0.800. The molecular weight excluding hydrogens is 90.1 g/mol. The van der Waals surface area contributed by atoms with E-state index in [4.69, 9.17) is 0 Å². The highest BCUT2D eigenvalue weighted by Gasteiger charge is 1.86. The molecular formula is C5H15NO. The van der Waals surface area contributed by atoms with Crippen molar-refractivity contribution < 1.29 is 7.65 Å². The van der Waals surface area contributed by atoms with Gasteiger partial charge in [-0.1, -0.05) is 0 Å². The molecule has 0 rings (SSSR count). The van der Waals surface area contributed by atoms with Crippen LogP contribution in [0.4, 0.5) is 0 Å². The van der Waals surface area contributed by atoms with E-state index in [1.54, 1.807) is 6.92 Å². The maximum Gasteiger partial charge on any atom is 0.131 e. The van der Waals surface area contributed by atoms with Crippen LogP contribution in [0.15, 0.2) is 0 Å². The zero-order valence-electron chi connectivity index (χ0n) is 4.82. The van der Waals surface area contributed by atoms with E-state index in [-0.39, 0.29) is 8.64 Å². The third-order valence-corrected chi connectivity index (χ3v) is 0.727. The van der Waals surface area contributed by atoms with Crippen molar-refractivity contribution >= 4 is 5.78 Å². The van der Waals surface area contributed by atoms with Crippen molar-refractivity contribution in [1.29, 1.82) is 0 Å². The fourth-order valence-electron chi connectivity index (χ4n) is 0.301. The Hall–Kier alpha value is -0.370. The SMILES string of the molecule is CNCCC(C)=O.[HH].[HH]. The summed E-state index contributed by atoms with van der Waals surface area (Å²) in [7, 11) is 1.84. The number of carbonyl (C=O) groups excluding carboxylic acids is 1. The van der Waals surface area contributed by atoms with Crippen LogP contribution in [-0.2, 0) is 4.79 Å². The van der Waals surface area contributed by atoms with Crippen molar-refractivity contribution in [3.63, 3.8) is 0 Å². The summed E-state index contributed by atoms with van der Waals surface area (Å²) < 4.78 is 0. The van der Waals surface area contributed by atoms with Crippen molar-refractivity contribution in [2.24, 2.45) is 0 Å². The van der Waals surface area contributed by atoms with Crippen molar-refractivity contribution in [1.82, 2.24) is 5.32 Å². The number of Topliss-reactive ketones (excluding diaryl/α,β-unsaturated/α-hetero) is 1. The van der Waals surface area contributed by atoms with Crippen LogP contribution < -0.4 is 5.32 Å². The van der Waals surface area contributed by atoms with Gasteiger partial charge in [-0.25, -0.2) is 0 Å². The second-order valence-corrected chi connectivity index (χ2v) is 1.56. The summed E-state index contributed by atoms with van der Waals surface area (Å²) in [6.45, 7) is 2.40. The van der Waals surface area contributed by atoms with Crippen LogP contribution >= 0.6 is 0 Å². The molecule has 1 N–H and O–H groups in total. The van der Waals surface area contributed by atoms with Gasteiger partial charge >= 0.3 is 0 Å². The van der Waals surface area contributed by atoms with Gasteiger partial charge in [0.1, 0.15) is 5.78 Å². The Morgan fingerprint density at radius 2 is 2.43 bits per heavy atom. The van der Waals surface area contributed by atoms with Gasteiger partial charge in [0.2, 0.25) is 0 Å². The summed E-state index contributed by atoms with van der Waals surface area (Å²) >= 11 is 0. The molecule has 0 radical (unpaired) electrons. The lowest BCUT2D eigenvalue weighted by Crippen LogP contribution is -2.10. The molecule has 0 aliphatic heterocycles. The molecule has 0 aromatic rings. The largest absolute Gasteiger partial charge is 0.319 e. The van der Waals surface area contributed by atoms with Crippen molar-refractivity contribution in [3.8, 4) is 0 Å². The van der Waals surface area contributed by atoms with Crippen LogP contribution in [0.1, 0.15) is 16.2 Å². The predicted octanol–water partition coefficient (Wildman–Crippen LogP) is 0.677. The third-order valence-electron chi connectivity index (χ3n) is 0.727. The van der Waals surface area contributed by atoms with Crippen molar-refractivity contribution in [3.05, 3.63) is 0 Å². The first kappa shape index (κ1) is 6.63. The first-order valence-corrected chi connectivity index (χ1v) is 2.41. The van der Waals surface area contributed by atoms with Gasteiger partial charge in [-0.3, -0.25) is 4.79 Å². The van der Waals surface area contributed by atoms with Crippen LogP contribution in [-0.4, -0.2) is 19.4 Å². The van der Waals surface area contributed by atoms with Crippen LogP contribution in [0.25, 0.3) is 0 Å². The lowest BCUT2D eigenvalue weighted by atomic mass is 10.3. The van der Waals surface area contributed by atoms with Gasteiger partial charge < -0.3 is 5.32 Å². The smallest absolute Gasteiger partial charge is 0.131 e. The average molecular weight is 105 g/mol. The van der Waals surface area contributed by atoms with Gasteiger partial charge in [-0.15, -0.1) is 0 Å². The van der Waals surface area contributed by atoms with E-state index < -0.39 is 0 Å². The summed E-state index contributed by atoms with van der Waals surface area (Å²) in [5.74, 6) is 0.245. The van der Waals surface area contributed by atoms with E-state index in [0.29, 0.717) is 6.42 Å². The zero-order chi connectivity index (χ0) is 5.70. The highest BCUT2D eigenvalue weighted by atomic mass is 16.1. The lowest BCUT2D eigenvalue weighted by molar-refractivity contribution is -0.116. The number of ketones is 1. The Bertz CT molecular complexity index is 68.0. The topological polar surface area (TPSA) is 29.1 Å². The quantitative estimate of drug-likeness (QED) is 0.571. The molecule has 0 fully saturated rings. The van der Waals surface area contributed by atoms with E-state index in [0.717, 1.165) is 6.54 Å². The molecule has 7 heavy (non-hydrogen) atoms. The Kier molecular flexibility index (Phi) is 3.61. The van der Waals surface area contributed by atoms with E-state index in [1.807, 2.05) is 7.05 Å². The number of rotatable bonds is 3. The maximum absolute atomic E-state index is 10.2. The molecule has 0 aliphatic carbocycles. The highest BCUT2D eigenvalue weighted by Crippen LogP contribution is 1.74. The molecule has 0 aromatic heterocycles. The van der Waals surface area contributed by atoms with Gasteiger partial charge in [-0.2, -0.15) is 0 Å². The first-order valence-electron chi connectivity index (χ1n) is 2.41. The molecule has 2 nitrogen and oxygen atoms in total. The van der Waals surface area contributed by atoms with Crippen LogP contribution in [0, 0.1) is 0 Å². The highest BCUT2D eigenvalue weighted by molar-refractivity contribution is 5.75. The molecule has 0 atom stereocenters. The number of carbonyl (C=O) groups is 1. The predicted molar refractivity (Wildman–Crippen MR) is 33.5 cm³/mol. The van der Waals surface area contributed by atoms with Crippen molar-refractivity contribution in [2.45, 2.75) is 13.3 Å². The summed E-state index contributed by atoms with van der Waals surface area (Å²) in [6, 6.07) is 0. The average Bonchev–Trinajstić information content (AvgIpc) is 1.61. The molecule has 0 aliphatic rings. The third kappa shape index (κ3) is 5.63. The van der Waals surface area contributed by atoms with Crippen LogP contribution in [0.2, 0.25) is 0 Å². The molecule has 0 unspecified atom stereocenters. The molecule has 0 aromatic carbocycles. The minimum absolute atomic E-state index is 0. The first-order chi connectivity index (χ1) is 3.27. The van der Waals surface area contributed by atoms with E-state index >= 15 is 0 Å². The van der Waals surface area contributed by atoms with Gasteiger partial charge in [-0.05, 0) is 14.0 Å². The second-order valence-electron chi connectivity index (χ2n) is 1.56. The molecule has 46 valence electrons. The minimum Gasteiger partial charge on any atom is -0.319 e. The Balaban J connectivity index is -0.000000180. The van der Waals surface area contributed by atoms with Crippen molar-refractivity contribution in [2.75, 3.05) is 13.6 Å². The van der Waals surface area contributed by atoms with Crippen LogP contribution in [0.3, 0.4) is 0 Å². The second kappa shape index (κ2) is 3.81. The molecule has 0 bridgehead atoms. The number of hydrogen-bond acceptors (Lipinski definition) is 2. The zero-order valence-corrected chi connectivity index (χ0v) is 4.82. The number of nitrogens with one attached hydrogen (secondary N) is 1. The standard InChI is InChI=1S/C5H11NO.2H2/c1-5(7)3-4-6-2;;/h6H,3-4H2,1-2H3;2*1H. The minimum atomic E-state index is 0. The Morgan fingerprint density at radius 1 is 1.86 bits per heavy atom. The van der Waals surface area contributed by atoms with Gasteiger partial charge in [0.15, 0.2) is 0 Å². The summed E-state index contributed by atoms with van der Waals surface area (Å²) in [5.41, 5.74) is 0. The fourth-order valence-corrected chi connectivity index (χ4v) is 0.301. The van der Waals surface area contributed by atoms with E-state index in [1.165, 1.54) is 0 Å². The molecule has 0 spiro atoms. The van der Waals surface area contributed by atoms with Gasteiger partial charge in [0.05, 0.1) is 0 Å². The summed E-state index contributed by atoms with van der Waals surface area (Å²) in [4.78, 5) is 10.2. The molecule has 0 amide bonds. The maximum atomic E-state index is 10.2. The lowest BCUT2D eigenvalue weighted by Gasteiger charge is -1.89. The van der Waals surface area contributed by atoms with Crippen LogP contribution in [0.5, 0.6) is 0 Å².